The minimum Gasteiger partial charge on any atom is -0.464 e. The Labute approximate surface area is 172 Å². The fraction of sp³-hybridized carbons (Fsp3) is 0.167. The van der Waals surface area contributed by atoms with Crippen molar-refractivity contribution in [2.75, 3.05) is 5.32 Å². The summed E-state index contributed by atoms with van der Waals surface area (Å²) in [5.41, 5.74) is -0.573. The summed E-state index contributed by atoms with van der Waals surface area (Å²) in [5.74, 6) is -1.30. The van der Waals surface area contributed by atoms with Crippen molar-refractivity contribution in [2.45, 2.75) is 23.4 Å². The standard InChI is InChI=1S/C18H14FN3O5S2/c1-2-15(24)20-17-21-22-18(29-17)28-9-12-7-13(23)14(8-26-12)27-16(25)10-4-3-5-11(19)6-10/h3-8H,2,9H2,1H3,(H,20,21,24). The first-order chi connectivity index (χ1) is 13.9. The summed E-state index contributed by atoms with van der Waals surface area (Å²) < 4.78 is 24.1. The summed E-state index contributed by atoms with van der Waals surface area (Å²) in [6.45, 7) is 1.73. The summed E-state index contributed by atoms with van der Waals surface area (Å²) in [5, 5.41) is 10.8. The molecule has 29 heavy (non-hydrogen) atoms. The second kappa shape index (κ2) is 9.43. The molecule has 3 rings (SSSR count). The van der Waals surface area contributed by atoms with Crippen LogP contribution >= 0.6 is 23.1 Å². The highest BCUT2D eigenvalue weighted by molar-refractivity contribution is 8.00. The topological polar surface area (TPSA) is 111 Å². The fourth-order valence-electron chi connectivity index (χ4n) is 2.02. The quantitative estimate of drug-likeness (QED) is 0.341. The molecule has 11 heteroatoms. The molecule has 0 unspecified atom stereocenters. The van der Waals surface area contributed by atoms with Gasteiger partial charge in [-0.3, -0.25) is 9.59 Å². The molecule has 0 aliphatic rings. The van der Waals surface area contributed by atoms with Gasteiger partial charge in [0, 0.05) is 12.5 Å². The van der Waals surface area contributed by atoms with E-state index in [0.29, 0.717) is 21.7 Å². The van der Waals surface area contributed by atoms with Crippen molar-refractivity contribution in [1.29, 1.82) is 0 Å². The van der Waals surface area contributed by atoms with Crippen molar-refractivity contribution >= 4 is 40.1 Å². The minimum atomic E-state index is -0.866. The van der Waals surface area contributed by atoms with Gasteiger partial charge in [0.15, 0.2) is 4.34 Å². The molecule has 0 radical (unpaired) electrons. The number of hydrogen-bond donors (Lipinski definition) is 1. The minimum absolute atomic E-state index is 0.0220. The molecule has 8 nitrogen and oxygen atoms in total. The highest BCUT2D eigenvalue weighted by atomic mass is 32.2. The zero-order valence-electron chi connectivity index (χ0n) is 15.0. The van der Waals surface area contributed by atoms with Crippen LogP contribution in [0, 0.1) is 5.82 Å². The lowest BCUT2D eigenvalue weighted by Crippen LogP contribution is -2.14. The summed E-state index contributed by atoms with van der Waals surface area (Å²) in [6.07, 6.45) is 1.37. The van der Waals surface area contributed by atoms with Crippen molar-refractivity contribution in [1.82, 2.24) is 10.2 Å². The van der Waals surface area contributed by atoms with Gasteiger partial charge in [0.1, 0.15) is 17.8 Å². The van der Waals surface area contributed by atoms with Crippen LogP contribution in [0.25, 0.3) is 0 Å². The third kappa shape index (κ3) is 5.72. The molecule has 0 fully saturated rings. The van der Waals surface area contributed by atoms with Crippen LogP contribution in [0.4, 0.5) is 9.52 Å². The van der Waals surface area contributed by atoms with Crippen molar-refractivity contribution in [3.8, 4) is 5.75 Å². The monoisotopic (exact) mass is 435 g/mol. The van der Waals surface area contributed by atoms with Gasteiger partial charge in [-0.15, -0.1) is 10.2 Å². The number of rotatable bonds is 7. The van der Waals surface area contributed by atoms with E-state index >= 15 is 0 Å². The van der Waals surface area contributed by atoms with Crippen LogP contribution in [-0.2, 0) is 10.5 Å². The van der Waals surface area contributed by atoms with Crippen molar-refractivity contribution < 1.29 is 23.1 Å². The molecular weight excluding hydrogens is 421 g/mol. The largest absolute Gasteiger partial charge is 0.464 e. The Hall–Kier alpha value is -3.05. The number of nitrogens with zero attached hydrogens (tertiary/aromatic N) is 2. The molecule has 2 heterocycles. The predicted octanol–water partition coefficient (Wildman–Crippen LogP) is 3.49. The Bertz CT molecular complexity index is 1100. The van der Waals surface area contributed by atoms with Gasteiger partial charge in [0.25, 0.3) is 0 Å². The average Bonchev–Trinajstić information content (AvgIpc) is 3.15. The summed E-state index contributed by atoms with van der Waals surface area (Å²) in [4.78, 5) is 35.5. The van der Waals surface area contributed by atoms with Crippen LogP contribution in [-0.4, -0.2) is 22.1 Å². The second-order valence-corrected chi connectivity index (χ2v) is 7.74. The molecule has 0 saturated carbocycles. The Morgan fingerprint density at radius 2 is 2.14 bits per heavy atom. The molecule has 0 aliphatic carbocycles. The lowest BCUT2D eigenvalue weighted by atomic mass is 10.2. The molecule has 0 bridgehead atoms. The Balaban J connectivity index is 1.60. The third-order valence-electron chi connectivity index (χ3n) is 3.43. The van der Waals surface area contributed by atoms with Gasteiger partial charge >= 0.3 is 5.97 Å². The highest BCUT2D eigenvalue weighted by Crippen LogP contribution is 2.28. The average molecular weight is 435 g/mol. The second-order valence-electron chi connectivity index (χ2n) is 5.54. The number of esters is 1. The van der Waals surface area contributed by atoms with Gasteiger partial charge in [-0.05, 0) is 18.2 Å². The van der Waals surface area contributed by atoms with Crippen LogP contribution in [0.15, 0.2) is 50.1 Å². The zero-order chi connectivity index (χ0) is 20.8. The first-order valence-corrected chi connectivity index (χ1v) is 10.1. The van der Waals surface area contributed by atoms with E-state index in [1.54, 1.807) is 6.92 Å². The number of thioether (sulfide) groups is 1. The maximum atomic E-state index is 13.2. The number of halogens is 1. The summed E-state index contributed by atoms with van der Waals surface area (Å²) in [7, 11) is 0. The van der Waals surface area contributed by atoms with E-state index < -0.39 is 17.2 Å². The third-order valence-corrected chi connectivity index (χ3v) is 5.42. The fourth-order valence-corrected chi connectivity index (χ4v) is 3.68. The number of ether oxygens (including phenoxy) is 1. The SMILES string of the molecule is CCC(=O)Nc1nnc(SCc2cc(=O)c(OC(=O)c3cccc(F)c3)co2)s1. The number of aromatic nitrogens is 2. The van der Waals surface area contributed by atoms with E-state index in [-0.39, 0.29) is 23.0 Å². The zero-order valence-corrected chi connectivity index (χ0v) is 16.6. The number of anilines is 1. The van der Waals surface area contributed by atoms with Gasteiger partial charge in [0.2, 0.25) is 22.2 Å². The lowest BCUT2D eigenvalue weighted by Gasteiger charge is -2.04. The van der Waals surface area contributed by atoms with Crippen LogP contribution in [0.5, 0.6) is 5.75 Å². The summed E-state index contributed by atoms with van der Waals surface area (Å²) in [6, 6.07) is 6.13. The first kappa shape index (κ1) is 20.7. The van der Waals surface area contributed by atoms with Crippen molar-refractivity contribution in [3.05, 3.63) is 64.0 Å². The number of carbonyl (C=O) groups excluding carboxylic acids is 2. The van der Waals surface area contributed by atoms with Crippen molar-refractivity contribution in [3.63, 3.8) is 0 Å². The summed E-state index contributed by atoms with van der Waals surface area (Å²) >= 11 is 2.47. The molecule has 1 aromatic carbocycles. The highest BCUT2D eigenvalue weighted by Gasteiger charge is 2.14. The van der Waals surface area contributed by atoms with E-state index in [1.807, 2.05) is 0 Å². The van der Waals surface area contributed by atoms with Gasteiger partial charge < -0.3 is 14.5 Å². The predicted molar refractivity (Wildman–Crippen MR) is 105 cm³/mol. The number of nitrogens with one attached hydrogen (secondary N) is 1. The molecule has 150 valence electrons. The van der Waals surface area contributed by atoms with E-state index in [9.17, 15) is 18.8 Å². The normalized spacial score (nSPS) is 10.6. The van der Waals surface area contributed by atoms with Gasteiger partial charge in [0.05, 0.1) is 11.3 Å². The number of hydrogen-bond acceptors (Lipinski definition) is 9. The molecule has 0 atom stereocenters. The molecule has 2 aromatic heterocycles. The van der Waals surface area contributed by atoms with E-state index in [0.717, 1.165) is 12.3 Å². The van der Waals surface area contributed by atoms with Gasteiger partial charge in [-0.1, -0.05) is 36.1 Å². The van der Waals surface area contributed by atoms with Crippen LogP contribution in [0.2, 0.25) is 0 Å². The molecule has 3 aromatic rings. The number of carbonyl (C=O) groups is 2. The molecule has 1 amide bonds. The number of benzene rings is 1. The lowest BCUT2D eigenvalue weighted by molar-refractivity contribution is -0.115. The smallest absolute Gasteiger partial charge is 0.343 e. The maximum absolute atomic E-state index is 13.2. The molecular formula is C18H14FN3O5S2. The van der Waals surface area contributed by atoms with Crippen molar-refractivity contribution in [2.24, 2.45) is 0 Å². The molecule has 0 saturated heterocycles. The van der Waals surface area contributed by atoms with Crippen LogP contribution in [0.1, 0.15) is 29.5 Å². The molecule has 0 spiro atoms. The Morgan fingerprint density at radius 1 is 1.31 bits per heavy atom. The van der Waals surface area contributed by atoms with Crippen LogP contribution in [0.3, 0.4) is 0 Å². The van der Waals surface area contributed by atoms with Crippen LogP contribution < -0.4 is 15.5 Å². The van der Waals surface area contributed by atoms with Gasteiger partial charge in [-0.2, -0.15) is 0 Å². The van der Waals surface area contributed by atoms with E-state index in [1.165, 1.54) is 47.4 Å². The maximum Gasteiger partial charge on any atom is 0.343 e. The molecule has 1 N–H and O–H groups in total. The number of amides is 1. The first-order valence-electron chi connectivity index (χ1n) is 8.30. The van der Waals surface area contributed by atoms with E-state index in [4.69, 9.17) is 9.15 Å². The Morgan fingerprint density at radius 3 is 2.86 bits per heavy atom. The molecule has 0 aliphatic heterocycles. The Kier molecular flexibility index (Phi) is 6.73. The van der Waals surface area contributed by atoms with E-state index in [2.05, 4.69) is 15.5 Å². The van der Waals surface area contributed by atoms with Gasteiger partial charge in [-0.25, -0.2) is 9.18 Å².